The molecule has 27 heavy (non-hydrogen) atoms. The van der Waals surface area contributed by atoms with E-state index in [1.54, 1.807) is 0 Å². The number of halogens is 1. The molecule has 1 aromatic carbocycles. The van der Waals surface area contributed by atoms with E-state index in [-0.39, 0.29) is 5.91 Å². The Hall–Kier alpha value is -1.87. The number of benzene rings is 1. The summed E-state index contributed by atoms with van der Waals surface area (Å²) < 4.78 is 0. The molecule has 2 rings (SSSR count). The van der Waals surface area contributed by atoms with Crippen molar-refractivity contribution in [2.24, 2.45) is 5.92 Å². The topological polar surface area (TPSA) is 42.0 Å². The Labute approximate surface area is 168 Å². The highest BCUT2D eigenvalue weighted by atomic mass is 35.5. The van der Waals surface area contributed by atoms with Crippen molar-refractivity contribution in [3.63, 3.8) is 0 Å². The molecule has 1 heterocycles. The zero-order valence-corrected chi connectivity index (χ0v) is 17.3. The number of carbonyl (C=O) groups is 1. The summed E-state index contributed by atoms with van der Waals surface area (Å²) in [6.45, 7) is 5.13. The van der Waals surface area contributed by atoms with Gasteiger partial charge in [-0.15, -0.1) is 0 Å². The minimum atomic E-state index is -0.0695. The lowest BCUT2D eigenvalue weighted by Crippen LogP contribution is -2.30. The third-order valence-electron chi connectivity index (χ3n) is 4.85. The Bertz CT molecular complexity index is 677. The summed E-state index contributed by atoms with van der Waals surface area (Å²) in [5, 5.41) is 3.82. The maximum atomic E-state index is 12.3. The van der Waals surface area contributed by atoms with Crippen molar-refractivity contribution in [3.05, 3.63) is 64.4 Å². The van der Waals surface area contributed by atoms with Crippen molar-refractivity contribution in [3.8, 4) is 0 Å². The molecule has 0 atom stereocenters. The molecule has 1 aromatic heterocycles. The fraction of sp³-hybridized carbons (Fsp3) is 0.478. The molecule has 0 saturated heterocycles. The summed E-state index contributed by atoms with van der Waals surface area (Å²) in [4.78, 5) is 16.7. The minimum absolute atomic E-state index is 0.0695. The van der Waals surface area contributed by atoms with Crippen LogP contribution >= 0.6 is 11.6 Å². The third-order valence-corrected chi connectivity index (χ3v) is 5.10. The van der Waals surface area contributed by atoms with Gasteiger partial charge in [-0.05, 0) is 67.3 Å². The zero-order chi connectivity index (χ0) is 19.5. The zero-order valence-electron chi connectivity index (χ0n) is 16.5. The molecular formula is C23H31ClN2O. The van der Waals surface area contributed by atoms with E-state index in [2.05, 4.69) is 36.3 Å². The number of hydrogen-bond acceptors (Lipinski definition) is 2. The molecule has 0 aliphatic rings. The molecule has 3 nitrogen and oxygen atoms in total. The molecule has 0 radical (unpaired) electrons. The minimum Gasteiger partial charge on any atom is -0.350 e. The number of amides is 1. The van der Waals surface area contributed by atoms with Crippen molar-refractivity contribution >= 4 is 17.5 Å². The Morgan fingerprint density at radius 3 is 2.22 bits per heavy atom. The predicted octanol–water partition coefficient (Wildman–Crippen LogP) is 5.86. The van der Waals surface area contributed by atoms with Crippen LogP contribution in [0.4, 0.5) is 0 Å². The number of pyridine rings is 1. The first-order valence-corrected chi connectivity index (χ1v) is 10.5. The van der Waals surface area contributed by atoms with Crippen molar-refractivity contribution in [1.29, 1.82) is 0 Å². The standard InChI is InChI=1S/C23H31ClN2O/c1-3-6-19(7-4-2)17-26-23(27)22-15-12-20(16-25-22)9-5-8-18-10-13-21(24)14-11-18/h10-16,19H,3-9,17H2,1-2H3,(H,26,27). The molecule has 1 amide bonds. The molecule has 0 fully saturated rings. The van der Waals surface area contributed by atoms with Gasteiger partial charge in [0.2, 0.25) is 0 Å². The highest BCUT2D eigenvalue weighted by Gasteiger charge is 2.11. The van der Waals surface area contributed by atoms with Gasteiger partial charge in [-0.25, -0.2) is 0 Å². The van der Waals surface area contributed by atoms with Crippen LogP contribution in [0.3, 0.4) is 0 Å². The molecule has 0 unspecified atom stereocenters. The Morgan fingerprint density at radius 1 is 1.00 bits per heavy atom. The van der Waals surface area contributed by atoms with Crippen molar-refractivity contribution in [2.45, 2.75) is 58.8 Å². The molecule has 4 heteroatoms. The highest BCUT2D eigenvalue weighted by Crippen LogP contribution is 2.14. The van der Waals surface area contributed by atoms with Crippen molar-refractivity contribution in [2.75, 3.05) is 6.54 Å². The lowest BCUT2D eigenvalue weighted by Gasteiger charge is -2.15. The summed E-state index contributed by atoms with van der Waals surface area (Å²) in [5.74, 6) is 0.496. The number of rotatable bonds is 11. The van der Waals surface area contributed by atoms with Crippen LogP contribution in [0.1, 0.15) is 67.6 Å². The number of aryl methyl sites for hydroxylation is 2. The molecule has 0 aliphatic carbocycles. The first-order valence-electron chi connectivity index (χ1n) is 10.1. The van der Waals surface area contributed by atoms with Gasteiger partial charge in [0.1, 0.15) is 5.69 Å². The SMILES string of the molecule is CCCC(CCC)CNC(=O)c1ccc(CCCc2ccc(Cl)cc2)cn1. The van der Waals surface area contributed by atoms with E-state index in [4.69, 9.17) is 11.6 Å². The molecular weight excluding hydrogens is 356 g/mol. The van der Waals surface area contributed by atoms with E-state index in [0.717, 1.165) is 62.1 Å². The fourth-order valence-corrected chi connectivity index (χ4v) is 3.47. The molecule has 0 aliphatic heterocycles. The van der Waals surface area contributed by atoms with Crippen LogP contribution in [-0.4, -0.2) is 17.4 Å². The summed E-state index contributed by atoms with van der Waals surface area (Å²) in [6, 6.07) is 11.8. The van der Waals surface area contributed by atoms with Gasteiger partial charge in [-0.1, -0.05) is 56.5 Å². The second kappa shape index (κ2) is 11.8. The molecule has 0 bridgehead atoms. The van der Waals surface area contributed by atoms with E-state index >= 15 is 0 Å². The average molecular weight is 387 g/mol. The van der Waals surface area contributed by atoms with E-state index < -0.39 is 0 Å². The van der Waals surface area contributed by atoms with Crippen molar-refractivity contribution < 1.29 is 4.79 Å². The largest absolute Gasteiger partial charge is 0.350 e. The maximum Gasteiger partial charge on any atom is 0.269 e. The summed E-state index contributed by atoms with van der Waals surface area (Å²) >= 11 is 5.91. The first-order chi connectivity index (χ1) is 13.1. The number of nitrogens with one attached hydrogen (secondary N) is 1. The Balaban J connectivity index is 1.77. The number of aromatic nitrogens is 1. The van der Waals surface area contributed by atoms with Gasteiger partial charge >= 0.3 is 0 Å². The second-order valence-corrected chi connectivity index (χ2v) is 7.62. The number of nitrogens with zero attached hydrogens (tertiary/aromatic N) is 1. The van der Waals surface area contributed by atoms with Crippen LogP contribution in [0.15, 0.2) is 42.6 Å². The van der Waals surface area contributed by atoms with Gasteiger partial charge in [0.15, 0.2) is 0 Å². The fourth-order valence-electron chi connectivity index (χ4n) is 3.35. The van der Waals surface area contributed by atoms with Gasteiger partial charge in [-0.2, -0.15) is 0 Å². The monoisotopic (exact) mass is 386 g/mol. The average Bonchev–Trinajstić information content (AvgIpc) is 2.68. The van der Waals surface area contributed by atoms with E-state index in [1.807, 2.05) is 30.5 Å². The molecule has 1 N–H and O–H groups in total. The third kappa shape index (κ3) is 7.72. The van der Waals surface area contributed by atoms with E-state index in [0.29, 0.717) is 11.6 Å². The number of hydrogen-bond donors (Lipinski definition) is 1. The Kier molecular flexibility index (Phi) is 9.34. The van der Waals surface area contributed by atoms with Crippen LogP contribution in [0.5, 0.6) is 0 Å². The van der Waals surface area contributed by atoms with Crippen LogP contribution < -0.4 is 5.32 Å². The lowest BCUT2D eigenvalue weighted by molar-refractivity contribution is 0.0940. The van der Waals surface area contributed by atoms with Crippen LogP contribution in [-0.2, 0) is 12.8 Å². The molecule has 2 aromatic rings. The first kappa shape index (κ1) is 21.4. The van der Waals surface area contributed by atoms with Crippen LogP contribution in [0, 0.1) is 5.92 Å². The molecule has 0 spiro atoms. The summed E-state index contributed by atoms with van der Waals surface area (Å²) in [5.41, 5.74) is 2.95. The van der Waals surface area contributed by atoms with Crippen LogP contribution in [0.25, 0.3) is 0 Å². The van der Waals surface area contributed by atoms with Gasteiger partial charge in [0.05, 0.1) is 0 Å². The quantitative estimate of drug-likeness (QED) is 0.525. The van der Waals surface area contributed by atoms with Gasteiger partial charge < -0.3 is 5.32 Å². The van der Waals surface area contributed by atoms with Gasteiger partial charge in [0.25, 0.3) is 5.91 Å². The van der Waals surface area contributed by atoms with Gasteiger partial charge in [-0.3, -0.25) is 9.78 Å². The predicted molar refractivity (Wildman–Crippen MR) is 113 cm³/mol. The summed E-state index contributed by atoms with van der Waals surface area (Å²) in [7, 11) is 0. The maximum absolute atomic E-state index is 12.3. The van der Waals surface area contributed by atoms with E-state index in [1.165, 1.54) is 5.56 Å². The number of carbonyl (C=O) groups excluding carboxylic acids is 1. The van der Waals surface area contributed by atoms with Crippen molar-refractivity contribution in [1.82, 2.24) is 10.3 Å². The molecule has 0 saturated carbocycles. The van der Waals surface area contributed by atoms with Crippen LogP contribution in [0.2, 0.25) is 5.02 Å². The Morgan fingerprint density at radius 2 is 1.63 bits per heavy atom. The lowest BCUT2D eigenvalue weighted by atomic mass is 9.98. The summed E-state index contributed by atoms with van der Waals surface area (Å²) in [6.07, 6.45) is 9.47. The molecule has 146 valence electrons. The normalized spacial score (nSPS) is 11.0. The highest BCUT2D eigenvalue weighted by molar-refractivity contribution is 6.30. The van der Waals surface area contributed by atoms with E-state index in [9.17, 15) is 4.79 Å². The smallest absolute Gasteiger partial charge is 0.269 e. The second-order valence-electron chi connectivity index (χ2n) is 7.19. The van der Waals surface area contributed by atoms with Gasteiger partial charge in [0, 0.05) is 17.8 Å².